The largest absolute Gasteiger partial charge is 0.370 e. The van der Waals surface area contributed by atoms with Crippen LogP contribution < -0.4 is 16.4 Å². The number of halogens is 1. The lowest BCUT2D eigenvalue weighted by Crippen LogP contribution is -2.43. The average molecular weight is 340 g/mol. The number of rotatable bonds is 4. The smallest absolute Gasteiger partial charge is 0.248 e. The van der Waals surface area contributed by atoms with E-state index in [1.807, 2.05) is 6.07 Å². The fourth-order valence-corrected chi connectivity index (χ4v) is 3.76. The summed E-state index contributed by atoms with van der Waals surface area (Å²) in [5.41, 5.74) is 12.8. The molecule has 0 bridgehead atoms. The van der Waals surface area contributed by atoms with Crippen molar-refractivity contribution in [2.75, 3.05) is 18.5 Å². The molecule has 20 heavy (non-hydrogen) atoms. The van der Waals surface area contributed by atoms with Crippen molar-refractivity contribution >= 4 is 27.5 Å². The lowest BCUT2D eigenvalue weighted by molar-refractivity contribution is 0.100. The Labute approximate surface area is 128 Å². The summed E-state index contributed by atoms with van der Waals surface area (Å²) in [6.07, 6.45) is 4.89. The Hall–Kier alpha value is -1.07. The maximum atomic E-state index is 11.2. The molecular weight excluding hydrogens is 318 g/mol. The van der Waals surface area contributed by atoms with Crippen LogP contribution in [0, 0.1) is 5.92 Å². The lowest BCUT2D eigenvalue weighted by atomic mass is 9.83. The van der Waals surface area contributed by atoms with Gasteiger partial charge < -0.3 is 16.4 Å². The quantitative estimate of drug-likeness (QED) is 0.885. The van der Waals surface area contributed by atoms with Gasteiger partial charge in [0.15, 0.2) is 0 Å². The molecule has 0 aromatic heterocycles. The van der Waals surface area contributed by atoms with Gasteiger partial charge in [0, 0.05) is 23.1 Å². The van der Waals surface area contributed by atoms with Crippen molar-refractivity contribution in [3.63, 3.8) is 0 Å². The predicted molar refractivity (Wildman–Crippen MR) is 85.9 cm³/mol. The Morgan fingerprint density at radius 1 is 1.40 bits per heavy atom. The van der Waals surface area contributed by atoms with E-state index in [-0.39, 0.29) is 0 Å². The molecule has 4 N–H and O–H groups in total. The first kappa shape index (κ1) is 15.3. The Morgan fingerprint density at radius 2 is 2.10 bits per heavy atom. The first-order chi connectivity index (χ1) is 9.54. The first-order valence-corrected chi connectivity index (χ1v) is 7.86. The molecule has 2 atom stereocenters. The third-order valence-electron chi connectivity index (χ3n) is 4.28. The molecule has 1 fully saturated rings. The lowest BCUT2D eigenvalue weighted by Gasteiger charge is -2.39. The van der Waals surface area contributed by atoms with Crippen molar-refractivity contribution in [2.45, 2.75) is 31.7 Å². The number of primary amides is 1. The van der Waals surface area contributed by atoms with Gasteiger partial charge in [0.2, 0.25) is 5.91 Å². The molecular formula is C15H22BrN3O. The summed E-state index contributed by atoms with van der Waals surface area (Å²) in [7, 11) is 2.10. The summed E-state index contributed by atoms with van der Waals surface area (Å²) in [6, 6.07) is 5.98. The molecule has 2 unspecified atom stereocenters. The molecule has 0 saturated heterocycles. The monoisotopic (exact) mass is 339 g/mol. The van der Waals surface area contributed by atoms with Gasteiger partial charge in [0.25, 0.3) is 0 Å². The maximum Gasteiger partial charge on any atom is 0.248 e. The summed E-state index contributed by atoms with van der Waals surface area (Å²) in [6.45, 7) is 0.728. The highest BCUT2D eigenvalue weighted by Crippen LogP contribution is 2.34. The Kier molecular flexibility index (Phi) is 5.05. The van der Waals surface area contributed by atoms with Gasteiger partial charge in [-0.3, -0.25) is 4.79 Å². The average Bonchev–Trinajstić information content (AvgIpc) is 2.46. The van der Waals surface area contributed by atoms with Crippen LogP contribution in [-0.4, -0.2) is 25.5 Å². The van der Waals surface area contributed by atoms with Crippen molar-refractivity contribution in [3.05, 3.63) is 28.2 Å². The highest BCUT2D eigenvalue weighted by Gasteiger charge is 2.28. The number of benzene rings is 1. The van der Waals surface area contributed by atoms with Crippen LogP contribution in [0.25, 0.3) is 0 Å². The minimum Gasteiger partial charge on any atom is -0.370 e. The van der Waals surface area contributed by atoms with Crippen molar-refractivity contribution in [2.24, 2.45) is 17.4 Å². The summed E-state index contributed by atoms with van der Waals surface area (Å²) >= 11 is 3.54. The molecule has 1 aromatic carbocycles. The Bertz CT molecular complexity index is 492. The molecule has 0 heterocycles. The second-order valence-corrected chi connectivity index (χ2v) is 6.34. The fraction of sp³-hybridized carbons (Fsp3) is 0.533. The van der Waals surface area contributed by atoms with Crippen LogP contribution in [-0.2, 0) is 0 Å². The van der Waals surface area contributed by atoms with E-state index in [1.54, 1.807) is 12.1 Å². The third kappa shape index (κ3) is 3.15. The van der Waals surface area contributed by atoms with E-state index in [0.717, 1.165) is 16.7 Å². The number of carbonyl (C=O) groups excluding carboxylic acids is 1. The Morgan fingerprint density at radius 3 is 2.70 bits per heavy atom. The zero-order valence-corrected chi connectivity index (χ0v) is 13.4. The molecule has 0 spiro atoms. The van der Waals surface area contributed by atoms with Crippen LogP contribution in [0.2, 0.25) is 0 Å². The SMILES string of the molecule is CN(c1ccc(C(N)=O)cc1Br)C1CCCCC1CN. The van der Waals surface area contributed by atoms with Crippen LogP contribution in [0.4, 0.5) is 5.69 Å². The molecule has 1 aliphatic carbocycles. The van der Waals surface area contributed by atoms with Gasteiger partial charge in [-0.15, -0.1) is 0 Å². The van der Waals surface area contributed by atoms with Crippen LogP contribution in [0.1, 0.15) is 36.0 Å². The van der Waals surface area contributed by atoms with E-state index >= 15 is 0 Å². The van der Waals surface area contributed by atoms with Gasteiger partial charge >= 0.3 is 0 Å². The van der Waals surface area contributed by atoms with Gasteiger partial charge in [-0.2, -0.15) is 0 Å². The Balaban J connectivity index is 2.23. The van der Waals surface area contributed by atoms with Crippen molar-refractivity contribution in [3.8, 4) is 0 Å². The first-order valence-electron chi connectivity index (χ1n) is 7.07. The van der Waals surface area contributed by atoms with E-state index in [9.17, 15) is 4.79 Å². The minimum atomic E-state index is -0.405. The predicted octanol–water partition coefficient (Wildman–Crippen LogP) is 2.50. The second-order valence-electron chi connectivity index (χ2n) is 5.49. The molecule has 4 nitrogen and oxygen atoms in total. The van der Waals surface area contributed by atoms with Crippen molar-refractivity contribution in [1.29, 1.82) is 0 Å². The topological polar surface area (TPSA) is 72.3 Å². The standard InChI is InChI=1S/C15H22BrN3O/c1-19(13-5-3-2-4-11(13)9-17)14-7-6-10(15(18)20)8-12(14)16/h6-8,11,13H,2-5,9,17H2,1H3,(H2,18,20). The maximum absolute atomic E-state index is 11.2. The second kappa shape index (κ2) is 6.59. The van der Waals surface area contributed by atoms with Crippen LogP contribution in [0.15, 0.2) is 22.7 Å². The van der Waals surface area contributed by atoms with E-state index < -0.39 is 5.91 Å². The van der Waals surface area contributed by atoms with E-state index in [0.29, 0.717) is 17.5 Å². The number of hydrogen-bond acceptors (Lipinski definition) is 3. The highest BCUT2D eigenvalue weighted by molar-refractivity contribution is 9.10. The van der Waals surface area contributed by atoms with Crippen molar-refractivity contribution in [1.82, 2.24) is 0 Å². The number of anilines is 1. The van der Waals surface area contributed by atoms with Gasteiger partial charge in [-0.25, -0.2) is 0 Å². The molecule has 1 aliphatic rings. The third-order valence-corrected chi connectivity index (χ3v) is 4.92. The van der Waals surface area contributed by atoms with Crippen molar-refractivity contribution < 1.29 is 4.79 Å². The molecule has 0 radical (unpaired) electrons. The molecule has 2 rings (SSSR count). The van der Waals surface area contributed by atoms with Gasteiger partial charge in [0.1, 0.15) is 0 Å². The van der Waals surface area contributed by atoms with Crippen LogP contribution >= 0.6 is 15.9 Å². The van der Waals surface area contributed by atoms with E-state index in [1.165, 1.54) is 25.7 Å². The summed E-state index contributed by atoms with van der Waals surface area (Å²) < 4.78 is 0.901. The summed E-state index contributed by atoms with van der Waals surface area (Å²) in [5.74, 6) is 0.133. The number of nitrogens with two attached hydrogens (primary N) is 2. The molecule has 0 aliphatic heterocycles. The number of hydrogen-bond donors (Lipinski definition) is 2. The fourth-order valence-electron chi connectivity index (χ4n) is 3.10. The number of amides is 1. The zero-order valence-electron chi connectivity index (χ0n) is 11.8. The molecule has 1 aromatic rings. The van der Waals surface area contributed by atoms with Gasteiger partial charge in [-0.1, -0.05) is 12.8 Å². The van der Waals surface area contributed by atoms with Crippen LogP contribution in [0.5, 0.6) is 0 Å². The highest BCUT2D eigenvalue weighted by atomic mass is 79.9. The number of nitrogens with zero attached hydrogens (tertiary/aromatic N) is 1. The minimum absolute atomic E-state index is 0.405. The summed E-state index contributed by atoms with van der Waals surface area (Å²) in [4.78, 5) is 13.5. The number of carbonyl (C=O) groups is 1. The van der Waals surface area contributed by atoms with Gasteiger partial charge in [0.05, 0.1) is 5.69 Å². The van der Waals surface area contributed by atoms with Gasteiger partial charge in [-0.05, 0) is 59.4 Å². The van der Waals surface area contributed by atoms with Crippen LogP contribution in [0.3, 0.4) is 0 Å². The molecule has 5 heteroatoms. The molecule has 110 valence electrons. The molecule has 1 amide bonds. The van der Waals surface area contributed by atoms with E-state index in [2.05, 4.69) is 27.9 Å². The summed E-state index contributed by atoms with van der Waals surface area (Å²) in [5, 5.41) is 0. The molecule has 1 saturated carbocycles. The van der Waals surface area contributed by atoms with E-state index in [4.69, 9.17) is 11.5 Å². The zero-order chi connectivity index (χ0) is 14.7. The normalized spacial score (nSPS) is 22.6.